The third kappa shape index (κ3) is 9.43. The van der Waals surface area contributed by atoms with Gasteiger partial charge in [0, 0.05) is 44.0 Å². The lowest BCUT2D eigenvalue weighted by Gasteiger charge is -2.39. The zero-order chi connectivity index (χ0) is 31.5. The van der Waals surface area contributed by atoms with Crippen molar-refractivity contribution < 1.29 is 34.5 Å². The molecular formula is C34H43N3O7. The predicted molar refractivity (Wildman–Crippen MR) is 164 cm³/mol. The van der Waals surface area contributed by atoms with Crippen molar-refractivity contribution in [2.75, 3.05) is 13.6 Å². The van der Waals surface area contributed by atoms with E-state index in [2.05, 4.69) is 10.2 Å². The Morgan fingerprint density at radius 1 is 0.909 bits per heavy atom. The average Bonchev–Trinajstić information content (AvgIpc) is 3.07. The fraction of sp³-hybridized carbons (Fsp3) is 0.412. The molecule has 0 spiro atoms. The van der Waals surface area contributed by atoms with Crippen LogP contribution in [-0.4, -0.2) is 57.9 Å². The number of nitrogens with zero attached hydrogens (tertiary/aromatic N) is 1. The van der Waals surface area contributed by atoms with E-state index in [1.807, 2.05) is 92.8 Å². The SMILES string of the molecule is C[C@@H]([C@H](O)c1ccccc1)N(C)C[C@@H]1C[C@H](c2ccc(CO)cc2)O[C@H](c2ccc(CNC(=O)CCCC(=O)NO)cc2)O1. The molecule has 10 heteroatoms. The molecule has 3 aromatic carbocycles. The smallest absolute Gasteiger partial charge is 0.243 e. The highest BCUT2D eigenvalue weighted by Gasteiger charge is 2.34. The van der Waals surface area contributed by atoms with Crippen LogP contribution in [0.15, 0.2) is 78.9 Å². The second kappa shape index (κ2) is 16.4. The van der Waals surface area contributed by atoms with Crippen LogP contribution in [0.4, 0.5) is 0 Å². The summed E-state index contributed by atoms with van der Waals surface area (Å²) in [6, 6.07) is 24.9. The Hall–Kier alpha value is -3.64. The number of carbonyl (C=O) groups is 2. The highest BCUT2D eigenvalue weighted by molar-refractivity contribution is 5.78. The molecule has 0 aromatic heterocycles. The van der Waals surface area contributed by atoms with E-state index in [0.29, 0.717) is 25.9 Å². The normalized spacial score (nSPS) is 19.7. The molecule has 44 heavy (non-hydrogen) atoms. The zero-order valence-electron chi connectivity index (χ0n) is 25.3. The maximum absolute atomic E-state index is 12.1. The van der Waals surface area contributed by atoms with Crippen LogP contribution in [-0.2, 0) is 32.2 Å². The van der Waals surface area contributed by atoms with Crippen LogP contribution < -0.4 is 10.8 Å². The van der Waals surface area contributed by atoms with Gasteiger partial charge in [0.05, 0.1) is 24.9 Å². The van der Waals surface area contributed by atoms with Gasteiger partial charge in [0.1, 0.15) is 0 Å². The Labute approximate surface area is 258 Å². The Kier molecular flexibility index (Phi) is 12.4. The van der Waals surface area contributed by atoms with Crippen molar-refractivity contribution in [3.8, 4) is 0 Å². The number of ether oxygens (including phenoxy) is 2. The number of nitrogens with one attached hydrogen (secondary N) is 2. The Morgan fingerprint density at radius 2 is 1.55 bits per heavy atom. The Bertz CT molecular complexity index is 1320. The number of benzene rings is 3. The van der Waals surface area contributed by atoms with Crippen LogP contribution in [0.5, 0.6) is 0 Å². The quantitative estimate of drug-likeness (QED) is 0.137. The van der Waals surface area contributed by atoms with Crippen LogP contribution in [0.25, 0.3) is 0 Å². The summed E-state index contributed by atoms with van der Waals surface area (Å²) in [5.41, 5.74) is 6.00. The van der Waals surface area contributed by atoms with Gasteiger partial charge in [0.25, 0.3) is 0 Å². The minimum Gasteiger partial charge on any atom is -0.392 e. The fourth-order valence-corrected chi connectivity index (χ4v) is 5.24. The van der Waals surface area contributed by atoms with Gasteiger partial charge in [-0.2, -0.15) is 0 Å². The Morgan fingerprint density at radius 3 is 2.20 bits per heavy atom. The van der Waals surface area contributed by atoms with Crippen molar-refractivity contribution in [3.63, 3.8) is 0 Å². The van der Waals surface area contributed by atoms with Gasteiger partial charge in [-0.05, 0) is 42.6 Å². The van der Waals surface area contributed by atoms with Gasteiger partial charge in [-0.1, -0.05) is 78.9 Å². The molecule has 0 unspecified atom stereocenters. The Balaban J connectivity index is 1.42. The topological polar surface area (TPSA) is 141 Å². The first kappa shape index (κ1) is 33.3. The predicted octanol–water partition coefficient (Wildman–Crippen LogP) is 4.07. The van der Waals surface area contributed by atoms with Gasteiger partial charge < -0.3 is 25.0 Å². The van der Waals surface area contributed by atoms with Gasteiger partial charge in [0.2, 0.25) is 11.8 Å². The molecule has 0 saturated carbocycles. The lowest BCUT2D eigenvalue weighted by atomic mass is 9.98. The van der Waals surface area contributed by atoms with E-state index < -0.39 is 18.3 Å². The second-order valence-electron chi connectivity index (χ2n) is 11.3. The first-order chi connectivity index (χ1) is 21.3. The third-order valence-electron chi connectivity index (χ3n) is 8.07. The molecule has 0 bridgehead atoms. The molecule has 1 saturated heterocycles. The number of rotatable bonds is 14. The minimum atomic E-state index is -0.647. The van der Waals surface area contributed by atoms with Gasteiger partial charge in [0.15, 0.2) is 6.29 Å². The van der Waals surface area contributed by atoms with E-state index >= 15 is 0 Å². The van der Waals surface area contributed by atoms with Gasteiger partial charge in [-0.3, -0.25) is 19.7 Å². The molecule has 1 aliphatic heterocycles. The van der Waals surface area contributed by atoms with Crippen LogP contribution >= 0.6 is 0 Å². The summed E-state index contributed by atoms with van der Waals surface area (Å²) in [7, 11) is 1.99. The lowest BCUT2D eigenvalue weighted by molar-refractivity contribution is -0.253. The van der Waals surface area contributed by atoms with Crippen molar-refractivity contribution >= 4 is 11.8 Å². The van der Waals surface area contributed by atoms with Crippen molar-refractivity contribution in [3.05, 3.63) is 107 Å². The first-order valence-corrected chi connectivity index (χ1v) is 15.0. The molecule has 4 rings (SSSR count). The van der Waals surface area contributed by atoms with E-state index in [9.17, 15) is 19.8 Å². The van der Waals surface area contributed by atoms with Crippen molar-refractivity contribution in [2.24, 2.45) is 0 Å². The highest BCUT2D eigenvalue weighted by atomic mass is 16.7. The fourth-order valence-electron chi connectivity index (χ4n) is 5.24. The van der Waals surface area contributed by atoms with E-state index in [4.69, 9.17) is 14.7 Å². The maximum Gasteiger partial charge on any atom is 0.243 e. The molecule has 5 N–H and O–H groups in total. The molecule has 0 radical (unpaired) electrons. The third-order valence-corrected chi connectivity index (χ3v) is 8.07. The molecule has 1 heterocycles. The van der Waals surface area contributed by atoms with E-state index in [-0.39, 0.29) is 43.6 Å². The number of carbonyl (C=O) groups excluding carboxylic acids is 2. The molecule has 2 amide bonds. The first-order valence-electron chi connectivity index (χ1n) is 15.0. The van der Waals surface area contributed by atoms with Gasteiger partial charge >= 0.3 is 0 Å². The van der Waals surface area contributed by atoms with Crippen molar-refractivity contribution in [1.82, 2.24) is 15.7 Å². The number of likely N-dealkylation sites (N-methyl/N-ethyl adjacent to an activating group) is 1. The average molecular weight is 606 g/mol. The van der Waals surface area contributed by atoms with Crippen LogP contribution in [0.1, 0.15) is 78.9 Å². The molecule has 10 nitrogen and oxygen atoms in total. The van der Waals surface area contributed by atoms with Crippen molar-refractivity contribution in [1.29, 1.82) is 0 Å². The summed E-state index contributed by atoms with van der Waals surface area (Å²) in [6.45, 7) is 2.90. The molecule has 1 aliphatic rings. The minimum absolute atomic E-state index is 0.0275. The second-order valence-corrected chi connectivity index (χ2v) is 11.3. The summed E-state index contributed by atoms with van der Waals surface area (Å²) in [6.07, 6.45) is -0.454. The van der Waals surface area contributed by atoms with Gasteiger partial charge in [-0.15, -0.1) is 0 Å². The van der Waals surface area contributed by atoms with Crippen LogP contribution in [0.2, 0.25) is 0 Å². The number of aliphatic hydroxyl groups is 2. The molecule has 5 atom stereocenters. The standard InChI is InChI=1S/C34H43N3O7/c1-23(33(41)27-7-4-3-5-8-27)37(2)21-29-19-30(26-15-13-25(22-38)14-16-26)44-34(43-29)28-17-11-24(12-18-28)20-35-31(39)9-6-10-32(40)36-42/h3-5,7-8,11-18,23,29-30,33-34,38,41-42H,6,9-10,19-22H2,1-2H3,(H,35,39)(H,36,40)/t23-,29-,30+,33-,34+/m0/s1. The lowest BCUT2D eigenvalue weighted by Crippen LogP contribution is -2.43. The molecule has 3 aromatic rings. The summed E-state index contributed by atoms with van der Waals surface area (Å²) >= 11 is 0. The number of hydrogen-bond donors (Lipinski definition) is 5. The summed E-state index contributed by atoms with van der Waals surface area (Å²) < 4.78 is 12.9. The van der Waals surface area contributed by atoms with E-state index in [1.165, 1.54) is 0 Å². The maximum atomic E-state index is 12.1. The molecule has 1 fully saturated rings. The number of amides is 2. The molecule has 0 aliphatic carbocycles. The highest BCUT2D eigenvalue weighted by Crippen LogP contribution is 2.38. The zero-order valence-corrected chi connectivity index (χ0v) is 25.3. The van der Waals surface area contributed by atoms with E-state index in [1.54, 1.807) is 5.48 Å². The molecule has 236 valence electrons. The van der Waals surface area contributed by atoms with Crippen molar-refractivity contribution in [2.45, 2.75) is 76.4 Å². The van der Waals surface area contributed by atoms with Crippen LogP contribution in [0, 0.1) is 0 Å². The van der Waals surface area contributed by atoms with Gasteiger partial charge in [-0.25, -0.2) is 5.48 Å². The summed E-state index contributed by atoms with van der Waals surface area (Å²) in [4.78, 5) is 25.3. The van der Waals surface area contributed by atoms with E-state index in [0.717, 1.165) is 27.8 Å². The number of aliphatic hydroxyl groups excluding tert-OH is 2. The summed E-state index contributed by atoms with van der Waals surface area (Å²) in [5.74, 6) is -0.689. The number of hydroxylamine groups is 1. The molecular weight excluding hydrogens is 562 g/mol. The van der Waals surface area contributed by atoms with Crippen LogP contribution in [0.3, 0.4) is 0 Å². The number of hydrogen-bond acceptors (Lipinski definition) is 8. The largest absolute Gasteiger partial charge is 0.392 e. The summed E-state index contributed by atoms with van der Waals surface area (Å²) in [5, 5.41) is 31.9. The monoisotopic (exact) mass is 605 g/mol.